The summed E-state index contributed by atoms with van der Waals surface area (Å²) in [5.41, 5.74) is 2.21. The standard InChI is InChI=1S/C17H16N2S/c1-14-12-13-18(15-8-4-2-5-9-15)17(20)19(14)16-10-6-3-7-11-16/h2-14H,1H3. The van der Waals surface area contributed by atoms with Crippen LogP contribution in [-0.2, 0) is 0 Å². The molecule has 0 saturated heterocycles. The highest BCUT2D eigenvalue weighted by Gasteiger charge is 2.25. The van der Waals surface area contributed by atoms with Crippen molar-refractivity contribution in [3.05, 3.63) is 72.9 Å². The van der Waals surface area contributed by atoms with Crippen LogP contribution in [0, 0.1) is 0 Å². The van der Waals surface area contributed by atoms with Gasteiger partial charge in [0, 0.05) is 17.6 Å². The number of rotatable bonds is 2. The van der Waals surface area contributed by atoms with E-state index < -0.39 is 0 Å². The minimum atomic E-state index is 0.255. The summed E-state index contributed by atoms with van der Waals surface area (Å²) in [4.78, 5) is 4.21. The van der Waals surface area contributed by atoms with Gasteiger partial charge in [-0.1, -0.05) is 36.4 Å². The van der Waals surface area contributed by atoms with Gasteiger partial charge in [0.1, 0.15) is 0 Å². The Morgan fingerprint density at radius 2 is 1.40 bits per heavy atom. The molecular formula is C17H16N2S. The Morgan fingerprint density at radius 1 is 0.850 bits per heavy atom. The van der Waals surface area contributed by atoms with Crippen LogP contribution >= 0.6 is 12.2 Å². The fourth-order valence-electron chi connectivity index (χ4n) is 2.37. The maximum atomic E-state index is 5.69. The second-order valence-corrected chi connectivity index (χ2v) is 5.14. The fraction of sp³-hybridized carbons (Fsp3) is 0.118. The maximum Gasteiger partial charge on any atom is 0.185 e. The molecular weight excluding hydrogens is 264 g/mol. The molecule has 0 aromatic heterocycles. The molecule has 1 atom stereocenters. The van der Waals surface area contributed by atoms with Gasteiger partial charge in [0.25, 0.3) is 0 Å². The van der Waals surface area contributed by atoms with Gasteiger partial charge in [-0.15, -0.1) is 0 Å². The summed E-state index contributed by atoms with van der Waals surface area (Å²) in [6.07, 6.45) is 4.22. The summed E-state index contributed by atoms with van der Waals surface area (Å²) in [6, 6.07) is 20.7. The summed E-state index contributed by atoms with van der Waals surface area (Å²) >= 11 is 5.69. The van der Waals surface area contributed by atoms with Gasteiger partial charge in [0.15, 0.2) is 5.11 Å². The van der Waals surface area contributed by atoms with E-state index in [4.69, 9.17) is 12.2 Å². The molecule has 0 bridgehead atoms. The Morgan fingerprint density at radius 3 is 2.00 bits per heavy atom. The number of anilines is 2. The largest absolute Gasteiger partial charge is 0.312 e. The van der Waals surface area contributed by atoms with E-state index in [0.717, 1.165) is 16.5 Å². The summed E-state index contributed by atoms with van der Waals surface area (Å²) < 4.78 is 0. The van der Waals surface area contributed by atoms with E-state index in [2.05, 4.69) is 48.4 Å². The van der Waals surface area contributed by atoms with Crippen molar-refractivity contribution in [2.45, 2.75) is 13.0 Å². The quantitative estimate of drug-likeness (QED) is 0.761. The molecule has 0 saturated carbocycles. The van der Waals surface area contributed by atoms with E-state index in [9.17, 15) is 0 Å². The van der Waals surface area contributed by atoms with Crippen molar-refractivity contribution < 1.29 is 0 Å². The Balaban J connectivity index is 1.98. The van der Waals surface area contributed by atoms with Gasteiger partial charge < -0.3 is 4.90 Å². The Kier molecular flexibility index (Phi) is 3.52. The molecule has 1 aliphatic rings. The zero-order valence-corrected chi connectivity index (χ0v) is 12.1. The number of benzene rings is 2. The molecule has 2 aromatic rings. The van der Waals surface area contributed by atoms with Crippen molar-refractivity contribution in [1.29, 1.82) is 0 Å². The first-order valence-electron chi connectivity index (χ1n) is 6.68. The van der Waals surface area contributed by atoms with Gasteiger partial charge >= 0.3 is 0 Å². The lowest BCUT2D eigenvalue weighted by molar-refractivity contribution is 0.863. The predicted molar refractivity (Wildman–Crippen MR) is 89.0 cm³/mol. The first-order chi connectivity index (χ1) is 9.77. The average molecular weight is 280 g/mol. The number of thiocarbonyl (C=S) groups is 1. The number of para-hydroxylation sites is 2. The van der Waals surface area contributed by atoms with Crippen molar-refractivity contribution in [2.24, 2.45) is 0 Å². The second kappa shape index (κ2) is 5.47. The first-order valence-corrected chi connectivity index (χ1v) is 7.09. The molecule has 1 aliphatic heterocycles. The fourth-order valence-corrected chi connectivity index (χ4v) is 2.81. The van der Waals surface area contributed by atoms with Crippen molar-refractivity contribution in [3.8, 4) is 0 Å². The Labute approximate surface area is 124 Å². The van der Waals surface area contributed by atoms with Crippen molar-refractivity contribution in [2.75, 3.05) is 9.80 Å². The molecule has 0 aliphatic carbocycles. The molecule has 100 valence electrons. The van der Waals surface area contributed by atoms with E-state index in [1.807, 2.05) is 41.3 Å². The minimum Gasteiger partial charge on any atom is -0.312 e. The van der Waals surface area contributed by atoms with Gasteiger partial charge in [-0.3, -0.25) is 4.90 Å². The van der Waals surface area contributed by atoms with Crippen LogP contribution in [0.1, 0.15) is 6.92 Å². The molecule has 2 aromatic carbocycles. The predicted octanol–water partition coefficient (Wildman–Crippen LogP) is 4.20. The third kappa shape index (κ3) is 2.32. The maximum absolute atomic E-state index is 5.69. The lowest BCUT2D eigenvalue weighted by Gasteiger charge is -2.38. The Bertz CT molecular complexity index is 622. The highest BCUT2D eigenvalue weighted by atomic mass is 32.1. The van der Waals surface area contributed by atoms with Crippen LogP contribution in [0.25, 0.3) is 0 Å². The molecule has 1 unspecified atom stereocenters. The normalized spacial score (nSPS) is 18.4. The monoisotopic (exact) mass is 280 g/mol. The van der Waals surface area contributed by atoms with Crippen LogP contribution in [0.2, 0.25) is 0 Å². The number of hydrogen-bond donors (Lipinski definition) is 0. The van der Waals surface area contributed by atoms with Gasteiger partial charge in [0.2, 0.25) is 0 Å². The molecule has 20 heavy (non-hydrogen) atoms. The minimum absolute atomic E-state index is 0.255. The summed E-state index contributed by atoms with van der Waals surface area (Å²) in [5.74, 6) is 0. The van der Waals surface area contributed by atoms with E-state index in [-0.39, 0.29) is 6.04 Å². The van der Waals surface area contributed by atoms with Crippen molar-refractivity contribution >= 4 is 28.7 Å². The molecule has 2 nitrogen and oxygen atoms in total. The van der Waals surface area contributed by atoms with E-state index in [0.29, 0.717) is 0 Å². The lowest BCUT2D eigenvalue weighted by Crippen LogP contribution is -2.48. The first kappa shape index (κ1) is 12.9. The van der Waals surface area contributed by atoms with E-state index >= 15 is 0 Å². The molecule has 0 amide bonds. The molecule has 3 heteroatoms. The molecule has 1 heterocycles. The average Bonchev–Trinajstić information content (AvgIpc) is 2.49. The van der Waals surface area contributed by atoms with Crippen LogP contribution in [-0.4, -0.2) is 11.2 Å². The van der Waals surface area contributed by atoms with E-state index in [1.165, 1.54) is 0 Å². The van der Waals surface area contributed by atoms with Gasteiger partial charge in [-0.05, 0) is 49.5 Å². The van der Waals surface area contributed by atoms with Crippen LogP contribution in [0.4, 0.5) is 11.4 Å². The third-order valence-electron chi connectivity index (χ3n) is 3.40. The molecule has 0 fully saturated rings. The lowest BCUT2D eigenvalue weighted by atomic mass is 10.2. The summed E-state index contributed by atoms with van der Waals surface area (Å²) in [5, 5.41) is 0.803. The summed E-state index contributed by atoms with van der Waals surface area (Å²) in [6.45, 7) is 2.15. The number of hydrogen-bond acceptors (Lipinski definition) is 1. The smallest absolute Gasteiger partial charge is 0.185 e. The van der Waals surface area contributed by atoms with Crippen LogP contribution < -0.4 is 9.80 Å². The van der Waals surface area contributed by atoms with Crippen LogP contribution in [0.15, 0.2) is 72.9 Å². The van der Waals surface area contributed by atoms with Crippen LogP contribution in [0.3, 0.4) is 0 Å². The van der Waals surface area contributed by atoms with Gasteiger partial charge in [0.05, 0.1) is 6.04 Å². The van der Waals surface area contributed by atoms with E-state index in [1.54, 1.807) is 0 Å². The second-order valence-electron chi connectivity index (χ2n) is 4.78. The molecule has 0 spiro atoms. The van der Waals surface area contributed by atoms with Crippen molar-refractivity contribution in [1.82, 2.24) is 0 Å². The SMILES string of the molecule is CC1C=CN(c2ccccc2)C(=S)N1c1ccccc1. The van der Waals surface area contributed by atoms with Crippen molar-refractivity contribution in [3.63, 3.8) is 0 Å². The third-order valence-corrected chi connectivity index (χ3v) is 3.80. The summed E-state index contributed by atoms with van der Waals surface area (Å²) in [7, 11) is 0. The zero-order valence-electron chi connectivity index (χ0n) is 11.3. The van der Waals surface area contributed by atoms with Gasteiger partial charge in [-0.2, -0.15) is 0 Å². The topological polar surface area (TPSA) is 6.48 Å². The number of nitrogens with zero attached hydrogens (tertiary/aromatic N) is 2. The molecule has 0 N–H and O–H groups in total. The highest BCUT2D eigenvalue weighted by molar-refractivity contribution is 7.80. The zero-order chi connectivity index (χ0) is 13.9. The molecule has 3 rings (SSSR count). The highest BCUT2D eigenvalue weighted by Crippen LogP contribution is 2.26. The van der Waals surface area contributed by atoms with Gasteiger partial charge in [-0.25, -0.2) is 0 Å². The Hall–Kier alpha value is -2.13. The molecule has 0 radical (unpaired) electrons. The van der Waals surface area contributed by atoms with Crippen LogP contribution in [0.5, 0.6) is 0 Å².